The molecule has 0 atom stereocenters. The predicted molar refractivity (Wildman–Crippen MR) is 102 cm³/mol. The van der Waals surface area contributed by atoms with Crippen LogP contribution >= 0.6 is 23.4 Å². The van der Waals surface area contributed by atoms with Gasteiger partial charge in [0.15, 0.2) is 11.0 Å². The number of benzene rings is 2. The van der Waals surface area contributed by atoms with Crippen LogP contribution in [0.5, 0.6) is 0 Å². The molecule has 0 aliphatic rings. The van der Waals surface area contributed by atoms with E-state index in [2.05, 4.69) is 16.8 Å². The average Bonchev–Trinajstić information content (AvgIpc) is 3.03. The molecule has 27 heavy (non-hydrogen) atoms. The van der Waals surface area contributed by atoms with Crippen molar-refractivity contribution in [2.24, 2.45) is 0 Å². The quantitative estimate of drug-likeness (QED) is 0.364. The predicted octanol–water partition coefficient (Wildman–Crippen LogP) is 6.10. The monoisotopic (exact) mass is 409 g/mol. The molecule has 0 fully saturated rings. The normalized spacial score (nSPS) is 11.6. The summed E-state index contributed by atoms with van der Waals surface area (Å²) in [5, 5.41) is 9.59. The number of rotatable bonds is 6. The first-order valence-electron chi connectivity index (χ1n) is 7.97. The number of allylic oxidation sites excluding steroid dienone is 1. The maximum Gasteiger partial charge on any atom is 0.416 e. The minimum atomic E-state index is -4.36. The van der Waals surface area contributed by atoms with E-state index in [0.717, 1.165) is 17.7 Å². The Balaban J connectivity index is 1.84. The Kier molecular flexibility index (Phi) is 5.92. The first-order valence-corrected chi connectivity index (χ1v) is 9.34. The summed E-state index contributed by atoms with van der Waals surface area (Å²) in [5.41, 5.74) is 0.711. The highest BCUT2D eigenvalue weighted by molar-refractivity contribution is 7.98. The molecule has 0 aliphatic carbocycles. The highest BCUT2D eigenvalue weighted by atomic mass is 35.5. The van der Waals surface area contributed by atoms with Gasteiger partial charge in [0.1, 0.15) is 0 Å². The third-order valence-electron chi connectivity index (χ3n) is 3.73. The van der Waals surface area contributed by atoms with Crippen LogP contribution < -0.4 is 0 Å². The molecule has 0 saturated heterocycles. The number of alkyl halides is 3. The topological polar surface area (TPSA) is 30.7 Å². The maximum atomic E-state index is 12.9. The van der Waals surface area contributed by atoms with E-state index in [0.29, 0.717) is 33.9 Å². The van der Waals surface area contributed by atoms with Crippen LogP contribution in [0, 0.1) is 0 Å². The Morgan fingerprint density at radius 2 is 1.89 bits per heavy atom. The molecular formula is C19H15ClF3N3S. The smallest absolute Gasteiger partial charge is 0.298 e. The van der Waals surface area contributed by atoms with E-state index >= 15 is 0 Å². The average molecular weight is 410 g/mol. The van der Waals surface area contributed by atoms with E-state index in [4.69, 9.17) is 11.6 Å². The zero-order valence-electron chi connectivity index (χ0n) is 14.1. The number of halogens is 4. The van der Waals surface area contributed by atoms with E-state index in [1.165, 1.54) is 17.8 Å². The Morgan fingerprint density at radius 1 is 1.11 bits per heavy atom. The zero-order chi connectivity index (χ0) is 19.4. The van der Waals surface area contributed by atoms with Crippen LogP contribution in [0.3, 0.4) is 0 Å². The minimum Gasteiger partial charge on any atom is -0.298 e. The molecule has 0 spiro atoms. The van der Waals surface area contributed by atoms with E-state index in [9.17, 15) is 13.2 Å². The Morgan fingerprint density at radius 3 is 2.59 bits per heavy atom. The zero-order valence-corrected chi connectivity index (χ0v) is 15.7. The number of aromatic nitrogens is 3. The molecule has 0 unspecified atom stereocenters. The standard InChI is InChI=1S/C19H15ClF3N3S/c1-2-9-26-17(14-6-4-8-16(20)11-14)24-25-18(26)27-12-13-5-3-7-15(10-13)19(21,22)23/h2-8,10-11H,1,9,12H2. The van der Waals surface area contributed by atoms with Crippen molar-refractivity contribution in [3.63, 3.8) is 0 Å². The van der Waals surface area contributed by atoms with Crippen molar-refractivity contribution in [3.05, 3.63) is 77.3 Å². The van der Waals surface area contributed by atoms with Gasteiger partial charge in [-0.2, -0.15) is 13.2 Å². The largest absolute Gasteiger partial charge is 0.416 e. The van der Waals surface area contributed by atoms with Gasteiger partial charge in [-0.1, -0.05) is 59.8 Å². The third-order valence-corrected chi connectivity index (χ3v) is 5.01. The second-order valence-electron chi connectivity index (χ2n) is 5.70. The van der Waals surface area contributed by atoms with E-state index in [1.54, 1.807) is 24.3 Å². The van der Waals surface area contributed by atoms with Gasteiger partial charge in [-0.25, -0.2) is 0 Å². The van der Waals surface area contributed by atoms with Crippen molar-refractivity contribution in [2.75, 3.05) is 0 Å². The van der Waals surface area contributed by atoms with Crippen molar-refractivity contribution in [1.82, 2.24) is 14.8 Å². The summed E-state index contributed by atoms with van der Waals surface area (Å²) < 4.78 is 40.5. The summed E-state index contributed by atoms with van der Waals surface area (Å²) >= 11 is 7.37. The molecule has 0 bridgehead atoms. The summed E-state index contributed by atoms with van der Waals surface area (Å²) in [6.45, 7) is 4.22. The molecule has 0 aliphatic heterocycles. The lowest BCUT2D eigenvalue weighted by Gasteiger charge is -2.10. The van der Waals surface area contributed by atoms with Gasteiger partial charge in [0.25, 0.3) is 0 Å². The summed E-state index contributed by atoms with van der Waals surface area (Å²) in [5.74, 6) is 0.971. The number of thioether (sulfide) groups is 1. The Hall–Kier alpha value is -2.25. The summed E-state index contributed by atoms with van der Waals surface area (Å²) in [6.07, 6.45) is -2.64. The SMILES string of the molecule is C=CCn1c(SCc2cccc(C(F)(F)F)c2)nnc1-c1cccc(Cl)c1. The van der Waals surface area contributed by atoms with Crippen LogP contribution in [0.15, 0.2) is 66.3 Å². The van der Waals surface area contributed by atoms with Crippen molar-refractivity contribution in [3.8, 4) is 11.4 Å². The van der Waals surface area contributed by atoms with Gasteiger partial charge in [0.05, 0.1) is 5.56 Å². The molecule has 3 nitrogen and oxygen atoms in total. The molecule has 1 aromatic heterocycles. The summed E-state index contributed by atoms with van der Waals surface area (Å²) in [4.78, 5) is 0. The van der Waals surface area contributed by atoms with Crippen molar-refractivity contribution >= 4 is 23.4 Å². The van der Waals surface area contributed by atoms with Crippen LogP contribution in [-0.2, 0) is 18.5 Å². The van der Waals surface area contributed by atoms with Gasteiger partial charge in [-0.15, -0.1) is 16.8 Å². The highest BCUT2D eigenvalue weighted by Gasteiger charge is 2.30. The van der Waals surface area contributed by atoms with Crippen LogP contribution in [-0.4, -0.2) is 14.8 Å². The van der Waals surface area contributed by atoms with Crippen molar-refractivity contribution in [2.45, 2.75) is 23.6 Å². The van der Waals surface area contributed by atoms with Gasteiger partial charge in [-0.3, -0.25) is 4.57 Å². The lowest BCUT2D eigenvalue weighted by atomic mass is 10.1. The van der Waals surface area contributed by atoms with Gasteiger partial charge < -0.3 is 0 Å². The van der Waals surface area contributed by atoms with Gasteiger partial charge in [0, 0.05) is 22.9 Å². The lowest BCUT2D eigenvalue weighted by molar-refractivity contribution is -0.137. The lowest BCUT2D eigenvalue weighted by Crippen LogP contribution is -2.05. The maximum absolute atomic E-state index is 12.9. The number of nitrogens with zero attached hydrogens (tertiary/aromatic N) is 3. The first kappa shape index (κ1) is 19.5. The van der Waals surface area contributed by atoms with E-state index < -0.39 is 11.7 Å². The van der Waals surface area contributed by atoms with Crippen LogP contribution in [0.4, 0.5) is 13.2 Å². The summed E-state index contributed by atoms with van der Waals surface area (Å²) in [6, 6.07) is 12.5. The molecule has 0 radical (unpaired) electrons. The fourth-order valence-electron chi connectivity index (χ4n) is 2.52. The second-order valence-corrected chi connectivity index (χ2v) is 7.08. The molecular weight excluding hydrogens is 395 g/mol. The second kappa shape index (κ2) is 8.19. The van der Waals surface area contributed by atoms with Gasteiger partial charge in [-0.05, 0) is 23.8 Å². The molecule has 0 N–H and O–H groups in total. The number of hydrogen-bond acceptors (Lipinski definition) is 3. The molecule has 3 aromatic rings. The molecule has 140 valence electrons. The fourth-order valence-corrected chi connectivity index (χ4v) is 3.60. The summed E-state index contributed by atoms with van der Waals surface area (Å²) in [7, 11) is 0. The molecule has 0 saturated carbocycles. The first-order chi connectivity index (χ1) is 12.9. The van der Waals surface area contributed by atoms with Gasteiger partial charge >= 0.3 is 6.18 Å². The van der Waals surface area contributed by atoms with Crippen molar-refractivity contribution in [1.29, 1.82) is 0 Å². The molecule has 8 heteroatoms. The van der Waals surface area contributed by atoms with Crippen LogP contribution in [0.2, 0.25) is 5.02 Å². The number of hydrogen-bond donors (Lipinski definition) is 0. The Labute approximate surface area is 163 Å². The fraction of sp³-hybridized carbons (Fsp3) is 0.158. The molecule has 0 amide bonds. The third kappa shape index (κ3) is 4.73. The molecule has 1 heterocycles. The highest BCUT2D eigenvalue weighted by Crippen LogP contribution is 2.32. The minimum absolute atomic E-state index is 0.342. The molecule has 2 aromatic carbocycles. The van der Waals surface area contributed by atoms with Crippen LogP contribution in [0.25, 0.3) is 11.4 Å². The molecule has 3 rings (SSSR count). The van der Waals surface area contributed by atoms with Gasteiger partial charge in [0.2, 0.25) is 0 Å². The Bertz CT molecular complexity index is 953. The van der Waals surface area contributed by atoms with E-state index in [-0.39, 0.29) is 0 Å². The van der Waals surface area contributed by atoms with E-state index in [1.807, 2.05) is 16.7 Å². The van der Waals surface area contributed by atoms with Crippen LogP contribution in [0.1, 0.15) is 11.1 Å². The van der Waals surface area contributed by atoms with Crippen molar-refractivity contribution < 1.29 is 13.2 Å².